The van der Waals surface area contributed by atoms with Gasteiger partial charge in [-0.1, -0.05) is 72.3 Å². The smallest absolute Gasteiger partial charge is 0.313 e. The summed E-state index contributed by atoms with van der Waals surface area (Å²) in [5, 5.41) is 11.0. The van der Waals surface area contributed by atoms with Crippen molar-refractivity contribution in [3.63, 3.8) is 0 Å². The van der Waals surface area contributed by atoms with Gasteiger partial charge < -0.3 is 24.4 Å². The van der Waals surface area contributed by atoms with Gasteiger partial charge in [-0.15, -0.1) is 0 Å². The summed E-state index contributed by atoms with van der Waals surface area (Å²) in [6.45, 7) is 1.80. The molecule has 2 fully saturated rings. The molecule has 1 N–H and O–H groups in total. The van der Waals surface area contributed by atoms with E-state index >= 15 is 0 Å². The van der Waals surface area contributed by atoms with Crippen molar-refractivity contribution < 1.29 is 29.0 Å². The molecular formula is C30H29ClN2O6. The molecule has 202 valence electrons. The number of ether oxygens (including phenoxy) is 2. The number of amides is 2. The largest absolute Gasteiger partial charge is 0.461 e. The summed E-state index contributed by atoms with van der Waals surface area (Å²) in [6.07, 6.45) is 6.61. The van der Waals surface area contributed by atoms with Crippen LogP contribution in [0.3, 0.4) is 0 Å². The molecule has 0 saturated carbocycles. The second kappa shape index (κ2) is 9.93. The van der Waals surface area contributed by atoms with Crippen LogP contribution in [0.15, 0.2) is 72.8 Å². The number of hydrogen-bond acceptors (Lipinski definition) is 6. The standard InChI is InChI=1S/C30H29ClN2O6/c1-18-8-5-11-21(31)25(18)32-14-7-13-30-24(23-22(39-30)12-6-15-38-29(23)37)27(35)33(26(30)28(32)36)20(17-34)16-19-9-3-2-4-10-19/h2-13,20,22-24,26,34H,14-17H2,1H3/t20-,22-,23+,24+,26?,30+/m1/s1. The molecule has 0 bridgehead atoms. The maximum absolute atomic E-state index is 14.6. The highest BCUT2D eigenvalue weighted by Gasteiger charge is 2.72. The number of carbonyl (C=O) groups is 3. The quantitative estimate of drug-likeness (QED) is 0.456. The maximum atomic E-state index is 14.6. The topological polar surface area (TPSA) is 96.4 Å². The predicted octanol–water partition coefficient (Wildman–Crippen LogP) is 2.85. The molecule has 2 amide bonds. The van der Waals surface area contributed by atoms with Gasteiger partial charge >= 0.3 is 5.97 Å². The Morgan fingerprint density at radius 1 is 1.08 bits per heavy atom. The predicted molar refractivity (Wildman–Crippen MR) is 144 cm³/mol. The monoisotopic (exact) mass is 548 g/mol. The molecule has 4 aliphatic heterocycles. The highest BCUT2D eigenvalue weighted by atomic mass is 35.5. The van der Waals surface area contributed by atoms with Crippen molar-refractivity contribution in [3.8, 4) is 0 Å². The third-order valence-corrected chi connectivity index (χ3v) is 8.53. The third kappa shape index (κ3) is 4.01. The van der Waals surface area contributed by atoms with Crippen molar-refractivity contribution in [1.29, 1.82) is 0 Å². The summed E-state index contributed by atoms with van der Waals surface area (Å²) >= 11 is 6.59. The second-order valence-corrected chi connectivity index (χ2v) is 10.8. The fourth-order valence-corrected chi connectivity index (χ4v) is 6.93. The van der Waals surface area contributed by atoms with Crippen LogP contribution in [0.4, 0.5) is 5.69 Å². The van der Waals surface area contributed by atoms with Crippen LogP contribution >= 0.6 is 11.6 Å². The molecule has 0 aliphatic carbocycles. The molecule has 4 heterocycles. The summed E-state index contributed by atoms with van der Waals surface area (Å²) in [6, 6.07) is 13.0. The van der Waals surface area contributed by atoms with Crippen molar-refractivity contribution in [3.05, 3.63) is 89.0 Å². The normalized spacial score (nSPS) is 30.4. The first-order valence-electron chi connectivity index (χ1n) is 13.1. The van der Waals surface area contributed by atoms with E-state index in [1.807, 2.05) is 49.4 Å². The number of aryl methyl sites for hydroxylation is 1. The van der Waals surface area contributed by atoms with E-state index in [4.69, 9.17) is 21.1 Å². The summed E-state index contributed by atoms with van der Waals surface area (Å²) in [5.74, 6) is -3.22. The number of aliphatic hydroxyl groups excluding tert-OH is 1. The highest BCUT2D eigenvalue weighted by molar-refractivity contribution is 6.34. The highest BCUT2D eigenvalue weighted by Crippen LogP contribution is 2.54. The fraction of sp³-hybridized carbons (Fsp3) is 0.367. The molecule has 2 aromatic carbocycles. The molecule has 39 heavy (non-hydrogen) atoms. The number of cyclic esters (lactones) is 1. The number of halogens is 1. The van der Waals surface area contributed by atoms with Crippen molar-refractivity contribution in [2.75, 3.05) is 24.7 Å². The van der Waals surface area contributed by atoms with E-state index in [9.17, 15) is 19.5 Å². The Hall–Kier alpha value is -3.46. The number of benzene rings is 2. The van der Waals surface area contributed by atoms with Gasteiger partial charge in [0, 0.05) is 6.54 Å². The van der Waals surface area contributed by atoms with Gasteiger partial charge in [0.1, 0.15) is 24.2 Å². The van der Waals surface area contributed by atoms with Gasteiger partial charge in [-0.3, -0.25) is 14.4 Å². The second-order valence-electron chi connectivity index (χ2n) is 10.4. The van der Waals surface area contributed by atoms with E-state index in [0.29, 0.717) is 17.1 Å². The van der Waals surface area contributed by atoms with Crippen molar-refractivity contribution in [2.45, 2.75) is 37.1 Å². The van der Waals surface area contributed by atoms with Gasteiger partial charge in [-0.2, -0.15) is 0 Å². The zero-order chi connectivity index (χ0) is 27.3. The van der Waals surface area contributed by atoms with Gasteiger partial charge in [0.05, 0.1) is 35.4 Å². The van der Waals surface area contributed by atoms with Crippen molar-refractivity contribution in [2.24, 2.45) is 11.8 Å². The molecule has 6 atom stereocenters. The minimum Gasteiger partial charge on any atom is -0.461 e. The Morgan fingerprint density at radius 3 is 2.62 bits per heavy atom. The lowest BCUT2D eigenvalue weighted by molar-refractivity contribution is -0.153. The van der Waals surface area contributed by atoms with E-state index in [2.05, 4.69) is 0 Å². The average Bonchev–Trinajstić information content (AvgIpc) is 3.23. The molecular weight excluding hydrogens is 520 g/mol. The Morgan fingerprint density at radius 2 is 1.87 bits per heavy atom. The van der Waals surface area contributed by atoms with Gasteiger partial charge in [-0.25, -0.2) is 0 Å². The van der Waals surface area contributed by atoms with E-state index in [-0.39, 0.29) is 25.7 Å². The molecule has 6 rings (SSSR count). The van der Waals surface area contributed by atoms with E-state index in [1.165, 1.54) is 4.90 Å². The SMILES string of the molecule is Cc1cccc(Cl)c1N1CC=C[C@]23O[C@@H]4C=CCOC(=O)[C@@H]4[C@H]2C(=O)N([C@@H](CO)Cc2ccccc2)C3C1=O. The lowest BCUT2D eigenvalue weighted by atomic mass is 9.78. The van der Waals surface area contributed by atoms with Crippen LogP contribution in [-0.4, -0.2) is 71.3 Å². The molecule has 1 spiro atoms. The number of carbonyl (C=O) groups excluding carboxylic acids is 3. The zero-order valence-electron chi connectivity index (χ0n) is 21.4. The Bertz CT molecular complexity index is 1360. The Kier molecular flexibility index (Phi) is 6.57. The molecule has 9 heteroatoms. The van der Waals surface area contributed by atoms with E-state index in [1.54, 1.807) is 35.3 Å². The Labute approximate surface area is 231 Å². The minimum absolute atomic E-state index is 0.0951. The minimum atomic E-state index is -1.42. The summed E-state index contributed by atoms with van der Waals surface area (Å²) in [5.41, 5.74) is 0.844. The van der Waals surface area contributed by atoms with Crippen LogP contribution in [0.25, 0.3) is 0 Å². The van der Waals surface area contributed by atoms with Gasteiger partial charge in [0.15, 0.2) is 0 Å². The summed E-state index contributed by atoms with van der Waals surface area (Å²) < 4.78 is 12.0. The number of likely N-dealkylation sites (tertiary alicyclic amines) is 1. The first kappa shape index (κ1) is 25.8. The number of hydrogen-bond donors (Lipinski definition) is 1. The van der Waals surface area contributed by atoms with Crippen LogP contribution < -0.4 is 4.90 Å². The van der Waals surface area contributed by atoms with Crippen LogP contribution in [-0.2, 0) is 30.3 Å². The summed E-state index contributed by atoms with van der Waals surface area (Å²) in [7, 11) is 0. The number of aliphatic hydroxyl groups is 1. The van der Waals surface area contributed by atoms with Crippen LogP contribution in [0.1, 0.15) is 11.1 Å². The molecule has 4 aliphatic rings. The lowest BCUT2D eigenvalue weighted by Gasteiger charge is -2.39. The number of fused-ring (bicyclic) bond motifs is 2. The average molecular weight is 549 g/mol. The summed E-state index contributed by atoms with van der Waals surface area (Å²) in [4.78, 5) is 45.1. The third-order valence-electron chi connectivity index (χ3n) is 8.23. The zero-order valence-corrected chi connectivity index (χ0v) is 22.2. The first-order chi connectivity index (χ1) is 18.9. The molecule has 2 aromatic rings. The molecule has 1 unspecified atom stereocenters. The van der Waals surface area contributed by atoms with Crippen LogP contribution in [0.5, 0.6) is 0 Å². The molecule has 0 radical (unpaired) electrons. The first-order valence-corrected chi connectivity index (χ1v) is 13.5. The molecule has 0 aromatic heterocycles. The van der Waals surface area contributed by atoms with Crippen LogP contribution in [0, 0.1) is 18.8 Å². The molecule has 8 nitrogen and oxygen atoms in total. The fourth-order valence-electron chi connectivity index (χ4n) is 6.60. The lowest BCUT2D eigenvalue weighted by Crippen LogP contribution is -2.58. The van der Waals surface area contributed by atoms with Crippen LogP contribution in [0.2, 0.25) is 5.02 Å². The molecule has 2 saturated heterocycles. The van der Waals surface area contributed by atoms with Crippen molar-refractivity contribution >= 4 is 35.1 Å². The number of para-hydroxylation sites is 1. The maximum Gasteiger partial charge on any atom is 0.313 e. The van der Waals surface area contributed by atoms with Gasteiger partial charge in [-0.05, 0) is 36.6 Å². The number of rotatable bonds is 5. The van der Waals surface area contributed by atoms with E-state index in [0.717, 1.165) is 11.1 Å². The Balaban J connectivity index is 1.50. The number of nitrogens with zero attached hydrogens (tertiary/aromatic N) is 2. The van der Waals surface area contributed by atoms with E-state index < -0.39 is 47.5 Å². The number of anilines is 1. The van der Waals surface area contributed by atoms with Crippen molar-refractivity contribution in [1.82, 2.24) is 4.90 Å². The van der Waals surface area contributed by atoms with Gasteiger partial charge in [0.25, 0.3) is 5.91 Å². The number of esters is 1. The van der Waals surface area contributed by atoms with Gasteiger partial charge in [0.2, 0.25) is 5.91 Å².